The Balaban J connectivity index is 0.00000218. The van der Waals surface area contributed by atoms with Crippen LogP contribution in [0.1, 0.15) is 34.1 Å². The Labute approximate surface area is 186 Å². The molecule has 2 aromatic rings. The molecule has 7 nitrogen and oxygen atoms in total. The predicted octanol–water partition coefficient (Wildman–Crippen LogP) is 5.66. The van der Waals surface area contributed by atoms with E-state index in [2.05, 4.69) is 36.2 Å². The van der Waals surface area contributed by atoms with Gasteiger partial charge in [-0.1, -0.05) is 20.8 Å². The molecular weight excluding hydrogens is 448 g/mol. The van der Waals surface area contributed by atoms with Gasteiger partial charge in [-0.05, 0) is 65.7 Å². The summed E-state index contributed by atoms with van der Waals surface area (Å²) >= 11 is 3.45. The van der Waals surface area contributed by atoms with Crippen LogP contribution in [0.15, 0.2) is 70.2 Å². The number of aliphatic hydroxyl groups excluding tert-OH is 1. The van der Waals surface area contributed by atoms with Gasteiger partial charge in [0.15, 0.2) is 0 Å². The lowest BCUT2D eigenvalue weighted by molar-refractivity contribution is 0.151. The van der Waals surface area contributed by atoms with Crippen molar-refractivity contribution in [1.29, 1.82) is 0 Å². The summed E-state index contributed by atoms with van der Waals surface area (Å²) in [5.41, 5.74) is 0.868. The quantitative estimate of drug-likeness (QED) is 0.210. The van der Waals surface area contributed by atoms with Crippen LogP contribution < -0.4 is 10.1 Å². The molecule has 0 aliphatic heterocycles. The summed E-state index contributed by atoms with van der Waals surface area (Å²) in [6.45, 7) is 8.06. The van der Waals surface area contributed by atoms with E-state index in [0.29, 0.717) is 27.8 Å². The molecule has 0 saturated carbocycles. The highest BCUT2D eigenvalue weighted by Crippen LogP contribution is 2.21. The molecule has 0 amide bonds. The van der Waals surface area contributed by atoms with Crippen molar-refractivity contribution < 1.29 is 14.6 Å². The number of rotatable bonds is 9. The van der Waals surface area contributed by atoms with Crippen LogP contribution in [0, 0.1) is 0 Å². The van der Waals surface area contributed by atoms with Crippen molar-refractivity contribution in [2.24, 2.45) is 4.99 Å². The molecule has 162 valence electrons. The molecule has 2 N–H and O–H groups in total. The fourth-order valence-corrected chi connectivity index (χ4v) is 2.45. The first-order chi connectivity index (χ1) is 14.6. The molecule has 0 radical (unpaired) electrons. The van der Waals surface area contributed by atoms with E-state index in [9.17, 15) is 0 Å². The van der Waals surface area contributed by atoms with Gasteiger partial charge >= 0.3 is 6.01 Å². The van der Waals surface area contributed by atoms with Gasteiger partial charge < -0.3 is 19.9 Å². The van der Waals surface area contributed by atoms with Crippen molar-refractivity contribution in [3.8, 4) is 11.8 Å². The summed E-state index contributed by atoms with van der Waals surface area (Å²) < 4.78 is 11.8. The number of amidine groups is 1. The number of nitrogens with one attached hydrogen (secondary N) is 1. The summed E-state index contributed by atoms with van der Waals surface area (Å²) in [4.78, 5) is 12.4. The number of aliphatic imine (C=N–C) groups is 1. The summed E-state index contributed by atoms with van der Waals surface area (Å²) in [5, 5.41) is 12.1. The van der Waals surface area contributed by atoms with Gasteiger partial charge in [0.25, 0.3) is 0 Å². The summed E-state index contributed by atoms with van der Waals surface area (Å²) in [6.07, 6.45) is 7.64. The number of anilines is 1. The normalized spacial score (nSPS) is 12.0. The topological polar surface area (TPSA) is 88.9 Å². The van der Waals surface area contributed by atoms with E-state index >= 15 is 0 Å². The zero-order chi connectivity index (χ0) is 22.2. The second kappa shape index (κ2) is 15.2. The van der Waals surface area contributed by atoms with E-state index in [1.807, 2.05) is 58.0 Å². The monoisotopic (exact) mass is 476 g/mol. The van der Waals surface area contributed by atoms with Gasteiger partial charge in [0, 0.05) is 24.3 Å². The molecule has 1 aromatic carbocycles. The number of ether oxygens (including phenoxy) is 2. The molecule has 0 unspecified atom stereocenters. The summed E-state index contributed by atoms with van der Waals surface area (Å²) in [5.74, 6) is 2.00. The Hall–Kier alpha value is -2.71. The van der Waals surface area contributed by atoms with E-state index < -0.39 is 0 Å². The first-order valence-corrected chi connectivity index (χ1v) is 10.6. The molecule has 30 heavy (non-hydrogen) atoms. The van der Waals surface area contributed by atoms with E-state index in [0.717, 1.165) is 12.1 Å². The minimum Gasteiger partial charge on any atom is -0.490 e. The van der Waals surface area contributed by atoms with Crippen molar-refractivity contribution in [2.45, 2.75) is 34.1 Å². The third-order valence-corrected chi connectivity index (χ3v) is 3.87. The van der Waals surface area contributed by atoms with E-state index in [-0.39, 0.29) is 13.2 Å². The molecule has 0 aliphatic rings. The number of hydrogen-bond donors (Lipinski definition) is 2. The maximum Gasteiger partial charge on any atom is 0.321 e. The SMILES string of the molecule is CC.CC/C=C(OCCO)/C(Br)=C\N=C(C)Nc1ccc(Oc2ncccn2)cc1. The molecule has 8 heteroatoms. The molecule has 0 fully saturated rings. The third-order valence-electron chi connectivity index (χ3n) is 3.28. The first-order valence-electron chi connectivity index (χ1n) is 9.78. The highest BCUT2D eigenvalue weighted by molar-refractivity contribution is 9.11. The van der Waals surface area contributed by atoms with Gasteiger partial charge in [-0.3, -0.25) is 0 Å². The van der Waals surface area contributed by atoms with Gasteiger partial charge in [-0.15, -0.1) is 0 Å². The van der Waals surface area contributed by atoms with Crippen molar-refractivity contribution in [2.75, 3.05) is 18.5 Å². The number of hydrogen-bond acceptors (Lipinski definition) is 6. The number of halogens is 1. The number of benzene rings is 1. The summed E-state index contributed by atoms with van der Waals surface area (Å²) in [6, 6.07) is 9.43. The van der Waals surface area contributed by atoms with Crippen LogP contribution in [0.2, 0.25) is 0 Å². The summed E-state index contributed by atoms with van der Waals surface area (Å²) in [7, 11) is 0. The van der Waals surface area contributed by atoms with Crippen molar-refractivity contribution in [1.82, 2.24) is 9.97 Å². The van der Waals surface area contributed by atoms with Crippen LogP contribution in [0.25, 0.3) is 0 Å². The van der Waals surface area contributed by atoms with Gasteiger partial charge in [0.05, 0.1) is 11.1 Å². The Bertz CT molecular complexity index is 822. The zero-order valence-electron chi connectivity index (χ0n) is 17.8. The van der Waals surface area contributed by atoms with E-state index in [1.54, 1.807) is 24.7 Å². The van der Waals surface area contributed by atoms with Crippen molar-refractivity contribution in [3.05, 3.63) is 65.2 Å². The van der Waals surface area contributed by atoms with Crippen LogP contribution in [-0.4, -0.2) is 34.1 Å². The molecule has 0 atom stereocenters. The molecule has 1 heterocycles. The highest BCUT2D eigenvalue weighted by Gasteiger charge is 2.03. The highest BCUT2D eigenvalue weighted by atomic mass is 79.9. The number of allylic oxidation sites excluding steroid dienone is 2. The van der Waals surface area contributed by atoms with Crippen LogP contribution in [0.4, 0.5) is 5.69 Å². The third kappa shape index (κ3) is 9.67. The molecule has 0 spiro atoms. The lowest BCUT2D eigenvalue weighted by Crippen LogP contribution is -2.06. The molecule has 2 rings (SSSR count). The smallest absolute Gasteiger partial charge is 0.321 e. The molecular formula is C22H29BrN4O3. The maximum absolute atomic E-state index is 8.91. The minimum absolute atomic E-state index is 0.0404. The Morgan fingerprint density at radius 1 is 1.20 bits per heavy atom. The lowest BCUT2D eigenvalue weighted by Gasteiger charge is -2.09. The Morgan fingerprint density at radius 2 is 1.87 bits per heavy atom. The van der Waals surface area contributed by atoms with Crippen LogP contribution >= 0.6 is 15.9 Å². The first kappa shape index (κ1) is 25.3. The minimum atomic E-state index is -0.0404. The molecule has 1 aromatic heterocycles. The van der Waals surface area contributed by atoms with Crippen molar-refractivity contribution in [3.63, 3.8) is 0 Å². The zero-order valence-corrected chi connectivity index (χ0v) is 19.4. The maximum atomic E-state index is 8.91. The fraction of sp³-hybridized carbons (Fsp3) is 0.318. The van der Waals surface area contributed by atoms with Crippen molar-refractivity contribution >= 4 is 27.5 Å². The van der Waals surface area contributed by atoms with Gasteiger partial charge in [-0.25, -0.2) is 15.0 Å². The second-order valence-corrected chi connectivity index (χ2v) is 6.38. The Morgan fingerprint density at radius 3 is 2.47 bits per heavy atom. The van der Waals surface area contributed by atoms with Crippen LogP contribution in [-0.2, 0) is 4.74 Å². The Kier molecular flexibility index (Phi) is 12.8. The number of aliphatic hydroxyl groups is 1. The second-order valence-electron chi connectivity index (χ2n) is 5.52. The lowest BCUT2D eigenvalue weighted by atomic mass is 10.3. The van der Waals surface area contributed by atoms with Crippen LogP contribution in [0.5, 0.6) is 11.8 Å². The van der Waals surface area contributed by atoms with Crippen LogP contribution in [0.3, 0.4) is 0 Å². The largest absolute Gasteiger partial charge is 0.490 e. The average molecular weight is 477 g/mol. The fourth-order valence-electron chi connectivity index (χ4n) is 2.07. The number of aromatic nitrogens is 2. The van der Waals surface area contributed by atoms with E-state index in [1.165, 1.54) is 0 Å². The molecule has 0 bridgehead atoms. The molecule has 0 saturated heterocycles. The molecule has 0 aliphatic carbocycles. The van der Waals surface area contributed by atoms with E-state index in [4.69, 9.17) is 14.6 Å². The van der Waals surface area contributed by atoms with Gasteiger partial charge in [0.2, 0.25) is 0 Å². The number of nitrogens with zero attached hydrogens (tertiary/aromatic N) is 3. The standard InChI is InChI=1S/C20H23BrN4O3.C2H6/c1-3-5-19(27-13-12-26)18(21)14-24-15(2)25-16-6-8-17(9-7-16)28-20-22-10-4-11-23-20;1-2/h4-11,14,26H,3,12-13H2,1-2H3,(H,24,25);1-2H3/b18-14+,19-5-;. The average Bonchev–Trinajstić information content (AvgIpc) is 2.78. The predicted molar refractivity (Wildman–Crippen MR) is 125 cm³/mol. The van der Waals surface area contributed by atoms with Gasteiger partial charge in [0.1, 0.15) is 24.0 Å². The van der Waals surface area contributed by atoms with Gasteiger partial charge in [-0.2, -0.15) is 0 Å².